The molecule has 130 heavy (non-hydrogen) atoms. The van der Waals surface area contributed by atoms with Gasteiger partial charge in [0, 0.05) is 173 Å². The van der Waals surface area contributed by atoms with Crippen LogP contribution in [-0.4, -0.2) is 137 Å². The molecule has 0 aliphatic carbocycles. The topological polar surface area (TPSA) is 390 Å². The van der Waals surface area contributed by atoms with Gasteiger partial charge < -0.3 is 73.9 Å². The van der Waals surface area contributed by atoms with Gasteiger partial charge in [0.1, 0.15) is 11.6 Å². The molecular weight excluding hydrogens is 1660 g/mol. The number of nitrogen functional groups attached to an aromatic ring is 4. The van der Waals surface area contributed by atoms with Gasteiger partial charge in [0.2, 0.25) is 0 Å². The highest BCUT2D eigenvalue weighted by Crippen LogP contribution is 2.32. The number of likely N-dealkylation sites (N-methyl/N-ethyl adjacent to an activating group) is 3. The predicted octanol–water partition coefficient (Wildman–Crippen LogP) is 20.7. The van der Waals surface area contributed by atoms with Gasteiger partial charge in [-0.3, -0.25) is 19.2 Å². The fourth-order valence-electron chi connectivity index (χ4n) is 12.6. The van der Waals surface area contributed by atoms with E-state index in [2.05, 4.69) is 61.7 Å². The van der Waals surface area contributed by atoms with E-state index in [1.165, 1.54) is 36.4 Å². The lowest BCUT2D eigenvalue weighted by molar-refractivity contribution is 0.0985. The van der Waals surface area contributed by atoms with E-state index >= 15 is 0 Å². The van der Waals surface area contributed by atoms with Crippen LogP contribution in [0.5, 0.6) is 0 Å². The summed E-state index contributed by atoms with van der Waals surface area (Å²) in [6.07, 6.45) is 0.734. The quantitative estimate of drug-likeness (QED) is 0.00811. The maximum absolute atomic E-state index is 13.2. The summed E-state index contributed by atoms with van der Waals surface area (Å²) in [6.45, 7) is 7.48. The van der Waals surface area contributed by atoms with Gasteiger partial charge in [-0.1, -0.05) is 42.5 Å². The van der Waals surface area contributed by atoms with Crippen LogP contribution in [0.2, 0.25) is 0 Å². The highest BCUT2D eigenvalue weighted by molar-refractivity contribution is 7.13. The van der Waals surface area contributed by atoms with Gasteiger partial charge in [-0.25, -0.2) is 8.78 Å². The number of nitrogens with zero attached hydrogens (tertiary/aromatic N) is 12. The zero-order chi connectivity index (χ0) is 92.5. The van der Waals surface area contributed by atoms with Crippen LogP contribution >= 0.6 is 11.3 Å². The van der Waals surface area contributed by atoms with Crippen molar-refractivity contribution < 1.29 is 42.2 Å². The molecule has 13 aromatic rings. The van der Waals surface area contributed by atoms with Gasteiger partial charge >= 0.3 is 0 Å². The second kappa shape index (κ2) is 51.3. The summed E-state index contributed by atoms with van der Waals surface area (Å²) in [4.78, 5) is 59.8. The molecule has 1 heterocycles. The van der Waals surface area contributed by atoms with Crippen LogP contribution in [0.25, 0.3) is 10.4 Å². The van der Waals surface area contributed by atoms with Crippen molar-refractivity contribution in [2.75, 3.05) is 157 Å². The number of ketones is 4. The number of carbonyl (C=O) groups excluding carboxylic acids is 4. The highest BCUT2D eigenvalue weighted by atomic mass is 32.1. The van der Waals surface area contributed by atoms with Gasteiger partial charge in [0.05, 0.1) is 85.1 Å². The molecule has 0 atom stereocenters. The largest absolute Gasteiger partial charge is 0.398 e. The van der Waals surface area contributed by atoms with Crippen molar-refractivity contribution in [1.29, 1.82) is 0 Å². The van der Waals surface area contributed by atoms with Gasteiger partial charge in [0.25, 0.3) is 0 Å². The summed E-state index contributed by atoms with van der Waals surface area (Å²) >= 11 is 1.66. The van der Waals surface area contributed by atoms with Gasteiger partial charge in [-0.2, -0.15) is 40.9 Å². The summed E-state index contributed by atoms with van der Waals surface area (Å²) in [6, 6.07) is 84.5. The van der Waals surface area contributed by atoms with Crippen LogP contribution in [0, 0.1) is 11.6 Å². The first-order valence-corrected chi connectivity index (χ1v) is 42.9. The molecule has 0 fully saturated rings. The van der Waals surface area contributed by atoms with E-state index in [1.54, 1.807) is 114 Å². The number of hydrogen-bond acceptors (Lipinski definition) is 27. The van der Waals surface area contributed by atoms with Crippen LogP contribution in [0.3, 0.4) is 0 Å². The van der Waals surface area contributed by atoms with Crippen molar-refractivity contribution in [3.63, 3.8) is 0 Å². The van der Waals surface area contributed by atoms with Crippen LogP contribution in [0.15, 0.2) is 331 Å². The van der Waals surface area contributed by atoms with Crippen molar-refractivity contribution in [1.82, 2.24) is 0 Å². The molecule has 670 valence electrons. The Morgan fingerprint density at radius 2 is 0.585 bits per heavy atom. The average Bonchev–Trinajstić information content (AvgIpc) is 1.45. The van der Waals surface area contributed by atoms with Gasteiger partial charge in [-0.15, -0.1) is 11.3 Å². The second-order valence-corrected chi connectivity index (χ2v) is 31.0. The maximum atomic E-state index is 13.2. The molecule has 0 radical (unpaired) electrons. The fraction of sp³-hybridized carbons (Fsp3) is 0.208. The molecule has 0 unspecified atom stereocenters. The van der Waals surface area contributed by atoms with Crippen molar-refractivity contribution in [3.05, 3.63) is 347 Å². The summed E-state index contributed by atoms with van der Waals surface area (Å²) < 4.78 is 42.6. The van der Waals surface area contributed by atoms with E-state index in [-0.39, 0.29) is 60.2 Å². The average molecular weight is 1770 g/mol. The molecule has 0 saturated carbocycles. The lowest BCUT2D eigenvalue weighted by Gasteiger charge is -2.19. The van der Waals surface area contributed by atoms with E-state index < -0.39 is 11.6 Å². The van der Waals surface area contributed by atoms with Crippen molar-refractivity contribution >= 4 is 125 Å². The molecule has 1 aromatic heterocycles. The first kappa shape index (κ1) is 97.6. The Bertz CT molecular complexity index is 5880. The Morgan fingerprint density at radius 1 is 0.300 bits per heavy atom. The number of carbonyl (C=O) groups is 4. The molecule has 0 amide bonds. The predicted molar refractivity (Wildman–Crippen MR) is 521 cm³/mol. The Labute approximate surface area is 760 Å². The van der Waals surface area contributed by atoms with Crippen LogP contribution in [-0.2, 0) is 39.9 Å². The number of Topliss-reactive ketones (excluding diaryl/α,β-unsaturated/α-hetero) is 4. The third-order valence-electron chi connectivity index (χ3n) is 20.2. The second-order valence-electron chi connectivity index (χ2n) is 30.1. The number of azo groups is 4. The molecular formula is C101H109F2N19O7S. The monoisotopic (exact) mass is 1770 g/mol. The standard InChI is InChI=1S/C29H31N5O2S.C25H28FN5O2.C25H29N5O2.C22H21FN4O/c1-34(15-17-36-16-14-30)26-11-9-25(10-12-26)33-32-24-7-4-21(5-8-24)28(35)20-23-19-22(6-13-27(23)31)29-3-2-18-37-29;1-31(13-15-33-14-12-27)23-10-8-22(9-11-23)30-29-21-6-3-18(4-7-21)25(32)16-19-2-5-20(26)17-24(19)28;1-30(15-17-32-16-14-26)23-12-10-22(11-13-23)29-28-21-8-6-19(7-9-21)25(31)18-20-4-2-3-5-24(20)27;1-27(2)20-11-9-19(10-12-20)26-25-18-7-4-15(5-8-18)22(28)13-16-3-6-17(23)14-21(16)24/h2-13,18-19H,14-17,20,30-31H2,1H3;2-11,17H,12-16,27-28H2,1H3;2-13H,14-18,26-27H2,1H3;3-12,14H,13,24H2,1-2H3. The minimum atomic E-state index is -0.423. The van der Waals surface area contributed by atoms with E-state index in [0.717, 1.165) is 86.7 Å². The number of nitrogens with two attached hydrogens (primary N) is 7. The minimum absolute atomic E-state index is 0.00616. The Kier molecular flexibility index (Phi) is 38.5. The molecule has 29 heteroatoms. The summed E-state index contributed by atoms with van der Waals surface area (Å²) in [5.41, 5.74) is 57.8. The van der Waals surface area contributed by atoms with Crippen LogP contribution in [0.1, 0.15) is 63.7 Å². The lowest BCUT2D eigenvalue weighted by Crippen LogP contribution is -2.23. The Balaban J connectivity index is 0.000000181. The number of anilines is 8. The number of ether oxygens (including phenoxy) is 3. The van der Waals surface area contributed by atoms with E-state index in [0.29, 0.717) is 127 Å². The van der Waals surface area contributed by atoms with Gasteiger partial charge in [-0.05, 0) is 276 Å². The first-order valence-electron chi connectivity index (χ1n) is 42.1. The number of rotatable bonds is 40. The summed E-state index contributed by atoms with van der Waals surface area (Å²) in [7, 11) is 9.97. The molecule has 0 aliphatic heterocycles. The van der Waals surface area contributed by atoms with E-state index in [4.69, 9.17) is 54.3 Å². The summed E-state index contributed by atoms with van der Waals surface area (Å²) in [5, 5.41) is 36.1. The minimum Gasteiger partial charge on any atom is -0.398 e. The number of para-hydroxylation sites is 1. The number of halogens is 2. The molecule has 0 spiro atoms. The van der Waals surface area contributed by atoms with Crippen molar-refractivity contribution in [2.45, 2.75) is 25.7 Å². The Morgan fingerprint density at radius 3 is 0.869 bits per heavy atom. The van der Waals surface area contributed by atoms with Crippen LogP contribution < -0.4 is 59.7 Å². The summed E-state index contributed by atoms with van der Waals surface area (Å²) in [5.74, 6) is -1.02. The molecule has 26 nitrogen and oxygen atoms in total. The van der Waals surface area contributed by atoms with E-state index in [9.17, 15) is 28.0 Å². The zero-order valence-corrected chi connectivity index (χ0v) is 74.3. The lowest BCUT2D eigenvalue weighted by atomic mass is 9.99. The maximum Gasteiger partial charge on any atom is 0.167 e. The highest BCUT2D eigenvalue weighted by Gasteiger charge is 2.17. The normalized spacial score (nSPS) is 11.1. The Hall–Kier alpha value is -14.6. The smallest absolute Gasteiger partial charge is 0.167 e. The third kappa shape index (κ3) is 31.8. The molecule has 14 N–H and O–H groups in total. The SMILES string of the molecule is CN(C)c1ccc(N=Nc2ccc(C(=O)Cc3ccc(F)cc3N)cc2)cc1.CN(CCOCCN)c1ccc(N=Nc2ccc(C(=O)Cc3cc(-c4cccs4)ccc3N)cc2)cc1.CN(CCOCCN)c1ccc(N=Nc2ccc(C(=O)Cc3ccc(F)cc3N)cc2)cc1.CN(CCOCCN)c1ccc(N=Nc2ccc(C(=O)Cc3ccccc3N)cc2)cc1. The third-order valence-corrected chi connectivity index (χ3v) is 21.2. The molecule has 12 aromatic carbocycles. The zero-order valence-electron chi connectivity index (χ0n) is 73.5. The van der Waals surface area contributed by atoms with Crippen molar-refractivity contribution in [2.24, 2.45) is 58.1 Å². The molecule has 0 saturated heterocycles. The number of hydrogen-bond donors (Lipinski definition) is 7. The number of thiophene rings is 1. The molecule has 0 aliphatic rings. The molecule has 0 bridgehead atoms. The van der Waals surface area contributed by atoms with Crippen LogP contribution in [0.4, 0.5) is 99.8 Å². The first-order chi connectivity index (χ1) is 63.0. The van der Waals surface area contributed by atoms with E-state index in [1.807, 2.05) is 185 Å². The molecule has 13 rings (SSSR count). The number of benzene rings is 12. The fourth-order valence-corrected chi connectivity index (χ4v) is 13.3. The van der Waals surface area contributed by atoms with Gasteiger partial charge in [0.15, 0.2) is 23.1 Å². The van der Waals surface area contributed by atoms with Crippen molar-refractivity contribution in [3.8, 4) is 10.4 Å².